The van der Waals surface area contributed by atoms with Gasteiger partial charge < -0.3 is 29.4 Å². The predicted molar refractivity (Wildman–Crippen MR) is 151 cm³/mol. The van der Waals surface area contributed by atoms with Crippen LogP contribution in [0.3, 0.4) is 0 Å². The molecule has 1 fully saturated rings. The van der Waals surface area contributed by atoms with Gasteiger partial charge in [0.2, 0.25) is 5.43 Å². The zero-order valence-corrected chi connectivity index (χ0v) is 22.8. The molecule has 2 aliphatic heterocycles. The Morgan fingerprint density at radius 1 is 1.02 bits per heavy atom. The molecule has 11 heteroatoms. The lowest BCUT2D eigenvalue weighted by molar-refractivity contribution is 0.00554. The molecule has 2 aliphatic rings. The van der Waals surface area contributed by atoms with Crippen molar-refractivity contribution >= 4 is 11.8 Å². The quantitative estimate of drug-likeness (QED) is 0.325. The van der Waals surface area contributed by atoms with Gasteiger partial charge in [0, 0.05) is 24.4 Å². The average Bonchev–Trinajstić information content (AvgIpc) is 3.40. The minimum atomic E-state index is -0.833. The Labute approximate surface area is 244 Å². The summed E-state index contributed by atoms with van der Waals surface area (Å²) in [6.07, 6.45) is 1.11. The molecular formula is C32H27F2N3O6. The molecule has 6 rings (SSSR count). The number of hydrogen-bond acceptors (Lipinski definition) is 6. The number of fused-ring (bicyclic) bond motifs is 2. The van der Waals surface area contributed by atoms with Crippen LogP contribution in [0.2, 0.25) is 0 Å². The molecule has 220 valence electrons. The normalized spacial score (nSPS) is 17.3. The minimum absolute atomic E-state index is 0.000448. The minimum Gasteiger partial charge on any atom is -0.508 e. The van der Waals surface area contributed by atoms with Crippen molar-refractivity contribution in [2.75, 3.05) is 6.61 Å². The summed E-state index contributed by atoms with van der Waals surface area (Å²) in [6, 6.07) is 18.4. The largest absolute Gasteiger partial charge is 0.508 e. The first-order valence-corrected chi connectivity index (χ1v) is 13.7. The van der Waals surface area contributed by atoms with Crippen LogP contribution in [0.25, 0.3) is 0 Å². The van der Waals surface area contributed by atoms with Gasteiger partial charge in [0.25, 0.3) is 11.8 Å². The summed E-state index contributed by atoms with van der Waals surface area (Å²) in [5.41, 5.74) is 0.597. The first-order valence-electron chi connectivity index (χ1n) is 13.7. The van der Waals surface area contributed by atoms with Gasteiger partial charge in [-0.15, -0.1) is 0 Å². The summed E-state index contributed by atoms with van der Waals surface area (Å²) >= 11 is 0. The van der Waals surface area contributed by atoms with E-state index >= 15 is 0 Å². The molecule has 0 bridgehead atoms. The van der Waals surface area contributed by atoms with Gasteiger partial charge >= 0.3 is 0 Å². The number of nitrogens with one attached hydrogen (secondary N) is 1. The van der Waals surface area contributed by atoms with Crippen LogP contribution in [0.15, 0.2) is 83.8 Å². The molecule has 0 saturated carbocycles. The maximum Gasteiger partial charge on any atom is 0.276 e. The number of carbonyl (C=O) groups excluding carboxylic acids is 2. The van der Waals surface area contributed by atoms with E-state index in [4.69, 9.17) is 9.47 Å². The summed E-state index contributed by atoms with van der Waals surface area (Å²) in [6.45, 7) is 0.0810. The number of rotatable bonds is 8. The fraction of sp³-hybridized carbons (Fsp3) is 0.219. The molecule has 4 aromatic rings. The van der Waals surface area contributed by atoms with Crippen molar-refractivity contribution in [3.63, 3.8) is 0 Å². The monoisotopic (exact) mass is 587 g/mol. The first kappa shape index (κ1) is 28.1. The van der Waals surface area contributed by atoms with E-state index in [1.165, 1.54) is 16.8 Å². The third-order valence-electron chi connectivity index (χ3n) is 7.55. The smallest absolute Gasteiger partial charge is 0.276 e. The molecule has 1 saturated heterocycles. The Morgan fingerprint density at radius 2 is 1.79 bits per heavy atom. The van der Waals surface area contributed by atoms with Gasteiger partial charge in [0.05, 0.1) is 19.2 Å². The molecule has 43 heavy (non-hydrogen) atoms. The first-order chi connectivity index (χ1) is 20.8. The number of phenols is 1. The summed E-state index contributed by atoms with van der Waals surface area (Å²) in [7, 11) is 0. The number of nitrogens with zero attached hydrogens (tertiary/aromatic N) is 2. The molecule has 9 nitrogen and oxygen atoms in total. The maximum atomic E-state index is 14.1. The van der Waals surface area contributed by atoms with Crippen molar-refractivity contribution in [2.45, 2.75) is 38.4 Å². The molecule has 3 aromatic carbocycles. The van der Waals surface area contributed by atoms with Crippen LogP contribution >= 0.6 is 0 Å². The van der Waals surface area contributed by atoms with Crippen molar-refractivity contribution < 1.29 is 33.0 Å². The molecule has 0 spiro atoms. The maximum absolute atomic E-state index is 14.1. The average molecular weight is 588 g/mol. The molecule has 2 atom stereocenters. The zero-order valence-electron chi connectivity index (χ0n) is 22.8. The summed E-state index contributed by atoms with van der Waals surface area (Å²) in [5, 5.41) is 12.1. The molecular weight excluding hydrogens is 560 g/mol. The molecule has 3 heterocycles. The van der Waals surface area contributed by atoms with E-state index in [1.807, 2.05) is 18.2 Å². The van der Waals surface area contributed by atoms with E-state index in [-0.39, 0.29) is 60.7 Å². The Balaban J connectivity index is 1.32. The third-order valence-corrected chi connectivity index (χ3v) is 7.55. The third kappa shape index (κ3) is 5.71. The number of pyridine rings is 1. The van der Waals surface area contributed by atoms with Crippen LogP contribution in [-0.4, -0.2) is 45.3 Å². The highest BCUT2D eigenvalue weighted by Crippen LogP contribution is 2.32. The second-order valence-corrected chi connectivity index (χ2v) is 10.4. The van der Waals surface area contributed by atoms with Crippen molar-refractivity contribution in [2.24, 2.45) is 0 Å². The van der Waals surface area contributed by atoms with E-state index < -0.39 is 35.1 Å². The van der Waals surface area contributed by atoms with Crippen molar-refractivity contribution in [1.29, 1.82) is 0 Å². The van der Waals surface area contributed by atoms with Crippen molar-refractivity contribution in [3.8, 4) is 11.5 Å². The molecule has 2 N–H and O–H groups in total. The van der Waals surface area contributed by atoms with Crippen molar-refractivity contribution in [3.05, 3.63) is 129 Å². The molecule has 0 aliphatic carbocycles. The van der Waals surface area contributed by atoms with Crippen LogP contribution in [0.5, 0.6) is 11.5 Å². The summed E-state index contributed by atoms with van der Waals surface area (Å²) in [5.74, 6) is -3.00. The lowest BCUT2D eigenvalue weighted by atomic mass is 10.0. The van der Waals surface area contributed by atoms with Gasteiger partial charge in [-0.25, -0.2) is 8.78 Å². The highest BCUT2D eigenvalue weighted by Gasteiger charge is 2.45. The number of phenolic OH excluding ortho intramolecular Hbond substituents is 1. The Hall–Kier alpha value is -5.03. The number of aromatic hydroxyl groups is 1. The van der Waals surface area contributed by atoms with E-state index in [1.54, 1.807) is 41.3 Å². The lowest BCUT2D eigenvalue weighted by Gasteiger charge is -2.35. The van der Waals surface area contributed by atoms with Crippen LogP contribution in [-0.2, 0) is 30.9 Å². The van der Waals surface area contributed by atoms with Gasteiger partial charge in [-0.1, -0.05) is 48.5 Å². The van der Waals surface area contributed by atoms with Gasteiger partial charge in [-0.05, 0) is 35.7 Å². The number of halogens is 2. The van der Waals surface area contributed by atoms with E-state index in [9.17, 15) is 28.3 Å². The van der Waals surface area contributed by atoms with Crippen molar-refractivity contribution in [1.82, 2.24) is 14.8 Å². The number of benzene rings is 3. The summed E-state index contributed by atoms with van der Waals surface area (Å²) < 4.78 is 40.9. The Bertz CT molecular complexity index is 1740. The molecule has 0 radical (unpaired) electrons. The second-order valence-electron chi connectivity index (χ2n) is 10.4. The van der Waals surface area contributed by atoms with E-state index in [0.29, 0.717) is 12.5 Å². The summed E-state index contributed by atoms with van der Waals surface area (Å²) in [4.78, 5) is 42.5. The highest BCUT2D eigenvalue weighted by molar-refractivity contribution is 5.99. The Kier molecular flexibility index (Phi) is 7.64. The van der Waals surface area contributed by atoms with Crippen LogP contribution in [0.1, 0.15) is 37.5 Å². The van der Waals surface area contributed by atoms with Gasteiger partial charge in [-0.2, -0.15) is 0 Å². The fourth-order valence-corrected chi connectivity index (χ4v) is 5.37. The SMILES string of the molecule is O=C(NCc1ccc(F)cc1F)c1cn2c(c(OCc3ccccc3)c1=O)C(=O)N1C(Cc3ccc(O)cc3)COC1C2. The number of amides is 2. The van der Waals surface area contributed by atoms with Gasteiger partial charge in [-0.3, -0.25) is 14.4 Å². The molecule has 2 unspecified atom stereocenters. The van der Waals surface area contributed by atoms with Crippen LogP contribution in [0, 0.1) is 11.6 Å². The van der Waals surface area contributed by atoms with Gasteiger partial charge in [0.1, 0.15) is 29.6 Å². The number of carbonyl (C=O) groups is 2. The Morgan fingerprint density at radius 3 is 2.53 bits per heavy atom. The predicted octanol–water partition coefficient (Wildman–Crippen LogP) is 3.76. The number of hydrogen-bond donors (Lipinski definition) is 2. The molecule has 2 amide bonds. The number of aromatic nitrogens is 1. The van der Waals surface area contributed by atoms with E-state index in [2.05, 4.69) is 5.32 Å². The highest BCUT2D eigenvalue weighted by atomic mass is 19.1. The van der Waals surface area contributed by atoms with E-state index in [0.717, 1.165) is 17.2 Å². The fourth-order valence-electron chi connectivity index (χ4n) is 5.37. The van der Waals surface area contributed by atoms with Gasteiger partial charge in [0.15, 0.2) is 17.7 Å². The lowest BCUT2D eigenvalue weighted by Crippen LogP contribution is -2.50. The molecule has 1 aromatic heterocycles. The zero-order chi connectivity index (χ0) is 30.1. The van der Waals surface area contributed by atoms with Crippen LogP contribution < -0.4 is 15.5 Å². The topological polar surface area (TPSA) is 110 Å². The second kappa shape index (κ2) is 11.7. The van der Waals surface area contributed by atoms with Crippen LogP contribution in [0.4, 0.5) is 8.78 Å². The standard InChI is InChI=1S/C32H27F2N3O6/c33-22-9-8-21(26(34)13-22)14-35-31(40)25-15-36-16-27-37(23(18-42-27)12-19-6-10-24(38)11-7-19)32(41)28(36)30(29(25)39)43-17-20-4-2-1-3-5-20/h1-11,13,15,23,27,38H,12,14,16-18H2,(H,35,40). The number of ether oxygens (including phenoxy) is 2.